The molecule has 2 rings (SSSR count). The normalized spacial score (nSPS) is 10.2. The molecule has 0 aromatic heterocycles. The Morgan fingerprint density at radius 1 is 1.24 bits per heavy atom. The number of carbonyl (C=O) groups is 1. The number of ether oxygens (including phenoxy) is 1. The van der Waals surface area contributed by atoms with Gasteiger partial charge in [0.25, 0.3) is 5.91 Å². The standard InChI is InChI=1S/C16H16ClNO2S/c1-20-15-7-4-12(17)10-14(15)16(19)18-9-8-11-2-5-13(21)6-3-11/h2-7,10,21H,8-9H2,1H3,(H,18,19). The SMILES string of the molecule is COc1ccc(Cl)cc1C(=O)NCCc1ccc(S)cc1. The molecule has 1 N–H and O–H groups in total. The third-order valence-electron chi connectivity index (χ3n) is 3.04. The van der Waals surface area contributed by atoms with E-state index < -0.39 is 0 Å². The summed E-state index contributed by atoms with van der Waals surface area (Å²) < 4.78 is 5.17. The van der Waals surface area contributed by atoms with Crippen molar-refractivity contribution in [3.05, 3.63) is 58.6 Å². The summed E-state index contributed by atoms with van der Waals surface area (Å²) in [6, 6.07) is 12.8. The Bertz CT molecular complexity index is 629. The molecule has 0 saturated carbocycles. The fourth-order valence-electron chi connectivity index (χ4n) is 1.94. The number of amides is 1. The molecular weight excluding hydrogens is 306 g/mol. The summed E-state index contributed by atoms with van der Waals surface area (Å²) in [6.45, 7) is 0.542. The van der Waals surface area contributed by atoms with Crippen molar-refractivity contribution in [3.63, 3.8) is 0 Å². The van der Waals surface area contributed by atoms with Crippen LogP contribution in [0.3, 0.4) is 0 Å². The second-order valence-corrected chi connectivity index (χ2v) is 5.47. The van der Waals surface area contributed by atoms with E-state index in [0.29, 0.717) is 22.9 Å². The van der Waals surface area contributed by atoms with Gasteiger partial charge in [-0.25, -0.2) is 0 Å². The summed E-state index contributed by atoms with van der Waals surface area (Å²) >= 11 is 10.2. The number of rotatable bonds is 5. The van der Waals surface area contributed by atoms with Crippen molar-refractivity contribution in [1.82, 2.24) is 5.32 Å². The van der Waals surface area contributed by atoms with Crippen molar-refractivity contribution < 1.29 is 9.53 Å². The van der Waals surface area contributed by atoms with Gasteiger partial charge in [0.1, 0.15) is 5.75 Å². The predicted molar refractivity (Wildman–Crippen MR) is 87.7 cm³/mol. The Morgan fingerprint density at radius 2 is 1.95 bits per heavy atom. The number of hydrogen-bond donors (Lipinski definition) is 2. The first-order chi connectivity index (χ1) is 10.1. The largest absolute Gasteiger partial charge is 0.496 e. The third-order valence-corrected chi connectivity index (χ3v) is 3.57. The quantitative estimate of drug-likeness (QED) is 0.826. The molecule has 0 aliphatic rings. The third kappa shape index (κ3) is 4.41. The van der Waals surface area contributed by atoms with Gasteiger partial charge in [-0.05, 0) is 42.3 Å². The minimum absolute atomic E-state index is 0.194. The zero-order chi connectivity index (χ0) is 15.2. The molecule has 0 fully saturated rings. The molecule has 0 bridgehead atoms. The van der Waals surface area contributed by atoms with E-state index in [4.69, 9.17) is 16.3 Å². The summed E-state index contributed by atoms with van der Waals surface area (Å²) in [5.74, 6) is 0.316. The number of carbonyl (C=O) groups excluding carboxylic acids is 1. The van der Waals surface area contributed by atoms with Crippen LogP contribution in [0.5, 0.6) is 5.75 Å². The maximum Gasteiger partial charge on any atom is 0.255 e. The first-order valence-electron chi connectivity index (χ1n) is 6.50. The van der Waals surface area contributed by atoms with E-state index in [9.17, 15) is 4.79 Å². The molecule has 0 atom stereocenters. The Labute approximate surface area is 134 Å². The van der Waals surface area contributed by atoms with Gasteiger partial charge < -0.3 is 10.1 Å². The fourth-order valence-corrected chi connectivity index (χ4v) is 2.26. The highest BCUT2D eigenvalue weighted by Crippen LogP contribution is 2.22. The van der Waals surface area contributed by atoms with Crippen molar-refractivity contribution >= 4 is 30.1 Å². The van der Waals surface area contributed by atoms with Crippen LogP contribution in [0.25, 0.3) is 0 Å². The van der Waals surface area contributed by atoms with Crippen molar-refractivity contribution in [3.8, 4) is 5.75 Å². The van der Waals surface area contributed by atoms with Crippen molar-refractivity contribution in [2.75, 3.05) is 13.7 Å². The van der Waals surface area contributed by atoms with Crippen molar-refractivity contribution in [2.24, 2.45) is 0 Å². The Kier molecular flexibility index (Phi) is 5.53. The van der Waals surface area contributed by atoms with Crippen LogP contribution in [-0.4, -0.2) is 19.6 Å². The van der Waals surface area contributed by atoms with Crippen LogP contribution in [0.15, 0.2) is 47.4 Å². The number of nitrogens with one attached hydrogen (secondary N) is 1. The zero-order valence-electron chi connectivity index (χ0n) is 11.6. The molecule has 2 aromatic carbocycles. The first-order valence-corrected chi connectivity index (χ1v) is 7.32. The number of hydrogen-bond acceptors (Lipinski definition) is 3. The molecule has 0 radical (unpaired) electrons. The molecular formula is C16H16ClNO2S. The fraction of sp³-hybridized carbons (Fsp3) is 0.188. The van der Waals surface area contributed by atoms with E-state index in [-0.39, 0.29) is 5.91 Å². The van der Waals surface area contributed by atoms with Crippen LogP contribution in [-0.2, 0) is 6.42 Å². The molecule has 0 unspecified atom stereocenters. The second-order valence-electron chi connectivity index (χ2n) is 4.52. The summed E-state index contributed by atoms with van der Waals surface area (Å²) in [5, 5.41) is 3.37. The monoisotopic (exact) mass is 321 g/mol. The zero-order valence-corrected chi connectivity index (χ0v) is 13.2. The molecule has 0 spiro atoms. The molecule has 0 aliphatic carbocycles. The molecule has 110 valence electrons. The summed E-state index contributed by atoms with van der Waals surface area (Å²) in [6.07, 6.45) is 0.753. The van der Waals surface area contributed by atoms with E-state index in [2.05, 4.69) is 17.9 Å². The summed E-state index contributed by atoms with van der Waals surface area (Å²) in [4.78, 5) is 13.1. The lowest BCUT2D eigenvalue weighted by molar-refractivity contribution is 0.0951. The molecule has 1 amide bonds. The maximum atomic E-state index is 12.2. The maximum absolute atomic E-state index is 12.2. The summed E-state index contributed by atoms with van der Waals surface area (Å²) in [7, 11) is 1.53. The topological polar surface area (TPSA) is 38.3 Å². The molecule has 5 heteroatoms. The van der Waals surface area contributed by atoms with Gasteiger partial charge in [-0.15, -0.1) is 12.6 Å². The first kappa shape index (κ1) is 15.7. The van der Waals surface area contributed by atoms with Gasteiger partial charge in [0, 0.05) is 16.5 Å². The van der Waals surface area contributed by atoms with Gasteiger partial charge in [0.2, 0.25) is 0 Å². The smallest absolute Gasteiger partial charge is 0.255 e. The number of methoxy groups -OCH3 is 1. The average Bonchev–Trinajstić information content (AvgIpc) is 2.49. The Morgan fingerprint density at radius 3 is 2.62 bits per heavy atom. The van der Waals surface area contributed by atoms with E-state index in [0.717, 1.165) is 16.9 Å². The van der Waals surface area contributed by atoms with E-state index in [1.54, 1.807) is 18.2 Å². The van der Waals surface area contributed by atoms with Crippen molar-refractivity contribution in [1.29, 1.82) is 0 Å². The average molecular weight is 322 g/mol. The van der Waals surface area contributed by atoms with E-state index in [1.165, 1.54) is 7.11 Å². The van der Waals surface area contributed by atoms with Gasteiger partial charge in [-0.2, -0.15) is 0 Å². The minimum atomic E-state index is -0.194. The van der Waals surface area contributed by atoms with E-state index in [1.807, 2.05) is 24.3 Å². The van der Waals surface area contributed by atoms with Crippen LogP contribution >= 0.6 is 24.2 Å². The molecule has 3 nitrogen and oxygen atoms in total. The van der Waals surface area contributed by atoms with Crippen LogP contribution in [0.4, 0.5) is 0 Å². The highest BCUT2D eigenvalue weighted by atomic mass is 35.5. The predicted octanol–water partition coefficient (Wildman–Crippen LogP) is 3.61. The van der Waals surface area contributed by atoms with Crippen LogP contribution in [0.1, 0.15) is 15.9 Å². The molecule has 2 aromatic rings. The van der Waals surface area contributed by atoms with Gasteiger partial charge in [-0.3, -0.25) is 4.79 Å². The molecule has 0 heterocycles. The minimum Gasteiger partial charge on any atom is -0.496 e. The highest BCUT2D eigenvalue weighted by molar-refractivity contribution is 7.80. The second kappa shape index (κ2) is 7.38. The van der Waals surface area contributed by atoms with E-state index >= 15 is 0 Å². The van der Waals surface area contributed by atoms with Crippen LogP contribution in [0, 0.1) is 0 Å². The van der Waals surface area contributed by atoms with Gasteiger partial charge in [0.15, 0.2) is 0 Å². The van der Waals surface area contributed by atoms with Gasteiger partial charge >= 0.3 is 0 Å². The van der Waals surface area contributed by atoms with Crippen LogP contribution in [0.2, 0.25) is 5.02 Å². The lowest BCUT2D eigenvalue weighted by atomic mass is 10.1. The Hall–Kier alpha value is -1.65. The molecule has 0 saturated heterocycles. The van der Waals surface area contributed by atoms with Gasteiger partial charge in [0.05, 0.1) is 12.7 Å². The lowest BCUT2D eigenvalue weighted by Crippen LogP contribution is -2.26. The van der Waals surface area contributed by atoms with Crippen LogP contribution < -0.4 is 10.1 Å². The molecule has 0 aliphatic heterocycles. The van der Waals surface area contributed by atoms with Gasteiger partial charge in [-0.1, -0.05) is 23.7 Å². The number of benzene rings is 2. The molecule has 21 heavy (non-hydrogen) atoms. The van der Waals surface area contributed by atoms with Crippen molar-refractivity contribution in [2.45, 2.75) is 11.3 Å². The lowest BCUT2D eigenvalue weighted by Gasteiger charge is -2.10. The number of thiol groups is 1. The number of halogens is 1. The highest BCUT2D eigenvalue weighted by Gasteiger charge is 2.12. The summed E-state index contributed by atoms with van der Waals surface area (Å²) in [5.41, 5.74) is 1.59. The Balaban J connectivity index is 1.95.